The molecule has 0 aliphatic carbocycles. The van der Waals surface area contributed by atoms with E-state index in [2.05, 4.69) is 22.2 Å². The Balaban J connectivity index is 1.74. The highest BCUT2D eigenvalue weighted by atomic mass is 32.2. The number of rotatable bonds is 9. The average Bonchev–Trinajstić information content (AvgIpc) is 3.38. The summed E-state index contributed by atoms with van der Waals surface area (Å²) in [6.45, 7) is 4.07. The average molecular weight is 516 g/mol. The van der Waals surface area contributed by atoms with E-state index in [0.717, 1.165) is 31.7 Å². The van der Waals surface area contributed by atoms with Gasteiger partial charge in [-0.1, -0.05) is 12.1 Å². The topological polar surface area (TPSA) is 99.2 Å². The first-order valence-corrected chi connectivity index (χ1v) is 13.7. The Labute approximate surface area is 209 Å². The summed E-state index contributed by atoms with van der Waals surface area (Å²) in [7, 11) is -0.328. The van der Waals surface area contributed by atoms with Gasteiger partial charge in [-0.05, 0) is 59.8 Å². The van der Waals surface area contributed by atoms with Gasteiger partial charge in [0, 0.05) is 38.3 Å². The maximum atomic E-state index is 13.8. The van der Waals surface area contributed by atoms with E-state index in [4.69, 9.17) is 4.74 Å². The van der Waals surface area contributed by atoms with Crippen LogP contribution in [0.3, 0.4) is 0 Å². The van der Waals surface area contributed by atoms with Gasteiger partial charge in [0.1, 0.15) is 5.75 Å². The zero-order valence-corrected chi connectivity index (χ0v) is 21.3. The lowest BCUT2D eigenvalue weighted by Crippen LogP contribution is -2.44. The van der Waals surface area contributed by atoms with Gasteiger partial charge in [-0.2, -0.15) is 11.3 Å². The van der Waals surface area contributed by atoms with Crippen LogP contribution < -0.4 is 10.1 Å². The molecule has 0 spiro atoms. The van der Waals surface area contributed by atoms with Crippen LogP contribution in [-0.4, -0.2) is 69.6 Å². The highest BCUT2D eigenvalue weighted by Crippen LogP contribution is 2.35. The predicted molar refractivity (Wildman–Crippen MR) is 137 cm³/mol. The summed E-state index contributed by atoms with van der Waals surface area (Å²) in [5, 5.41) is 15.5. The molecule has 0 amide bonds. The number of para-hydroxylation sites is 1. The Bertz CT molecular complexity index is 1250. The van der Waals surface area contributed by atoms with Crippen LogP contribution in [-0.2, 0) is 16.4 Å². The molecule has 1 atom stereocenters. The lowest BCUT2D eigenvalue weighted by atomic mass is 10.1. The first-order chi connectivity index (χ1) is 16.8. The van der Waals surface area contributed by atoms with Crippen molar-refractivity contribution in [1.29, 1.82) is 0 Å². The van der Waals surface area contributed by atoms with Gasteiger partial charge < -0.3 is 20.1 Å². The SMILES string of the molecule is COc1ccc(S(=O)(=O)C(Nc2c(CN3CCN(C)CC3)cccc2C(=O)O)c2ccsc2)cc1. The third kappa shape index (κ3) is 5.67. The van der Waals surface area contributed by atoms with Crippen LogP contribution in [0.1, 0.15) is 26.9 Å². The second kappa shape index (κ2) is 10.8. The van der Waals surface area contributed by atoms with Crippen molar-refractivity contribution < 1.29 is 23.1 Å². The number of thiophene rings is 1. The van der Waals surface area contributed by atoms with Crippen molar-refractivity contribution in [2.75, 3.05) is 45.7 Å². The van der Waals surface area contributed by atoms with Crippen molar-refractivity contribution in [3.8, 4) is 5.75 Å². The number of hydrogen-bond acceptors (Lipinski definition) is 8. The molecular formula is C25H29N3O5S2. The van der Waals surface area contributed by atoms with Gasteiger partial charge in [-0.25, -0.2) is 13.2 Å². The number of ether oxygens (including phenoxy) is 1. The number of benzene rings is 2. The molecule has 1 aliphatic heterocycles. The van der Waals surface area contributed by atoms with E-state index in [1.165, 1.54) is 36.6 Å². The molecule has 4 rings (SSSR count). The number of aromatic carboxylic acids is 1. The van der Waals surface area contributed by atoms with Crippen molar-refractivity contribution in [2.45, 2.75) is 16.8 Å². The van der Waals surface area contributed by atoms with Crippen molar-refractivity contribution in [1.82, 2.24) is 9.80 Å². The van der Waals surface area contributed by atoms with Crippen molar-refractivity contribution in [3.05, 3.63) is 76.0 Å². The van der Waals surface area contributed by atoms with Crippen LogP contribution in [0, 0.1) is 0 Å². The molecule has 1 fully saturated rings. The maximum absolute atomic E-state index is 13.8. The summed E-state index contributed by atoms with van der Waals surface area (Å²) in [5.41, 5.74) is 1.67. The number of carbonyl (C=O) groups is 1. The minimum Gasteiger partial charge on any atom is -0.497 e. The summed E-state index contributed by atoms with van der Waals surface area (Å²) in [6, 6.07) is 13.0. The van der Waals surface area contributed by atoms with E-state index >= 15 is 0 Å². The summed E-state index contributed by atoms with van der Waals surface area (Å²) in [5.74, 6) is -0.562. The molecule has 2 aromatic carbocycles. The quantitative estimate of drug-likeness (QED) is 0.444. The number of likely N-dealkylation sites (N-methyl/N-ethyl adjacent to an activating group) is 1. The van der Waals surface area contributed by atoms with Crippen molar-refractivity contribution in [2.24, 2.45) is 0 Å². The Morgan fingerprint density at radius 1 is 1.11 bits per heavy atom. The molecule has 35 heavy (non-hydrogen) atoms. The Kier molecular flexibility index (Phi) is 7.75. The molecule has 2 N–H and O–H groups in total. The molecule has 1 unspecified atom stereocenters. The third-order valence-corrected chi connectivity index (χ3v) is 8.83. The Morgan fingerprint density at radius 2 is 1.83 bits per heavy atom. The molecule has 8 nitrogen and oxygen atoms in total. The zero-order valence-electron chi connectivity index (χ0n) is 19.7. The highest BCUT2D eigenvalue weighted by Gasteiger charge is 2.32. The van der Waals surface area contributed by atoms with Gasteiger partial charge in [0.05, 0.1) is 23.3 Å². The first kappa shape index (κ1) is 25.2. The van der Waals surface area contributed by atoms with E-state index in [-0.39, 0.29) is 10.5 Å². The number of piperazine rings is 1. The Hall–Kier alpha value is -2.92. The smallest absolute Gasteiger partial charge is 0.337 e. The number of sulfone groups is 1. The molecule has 0 bridgehead atoms. The van der Waals surface area contributed by atoms with Gasteiger partial charge >= 0.3 is 5.97 Å². The van der Waals surface area contributed by atoms with E-state index in [0.29, 0.717) is 23.5 Å². The lowest BCUT2D eigenvalue weighted by Gasteiger charge is -2.33. The van der Waals surface area contributed by atoms with Crippen LogP contribution in [0.5, 0.6) is 5.75 Å². The number of nitrogens with zero attached hydrogens (tertiary/aromatic N) is 2. The van der Waals surface area contributed by atoms with Gasteiger partial charge in [0.15, 0.2) is 5.37 Å². The van der Waals surface area contributed by atoms with E-state index in [1.807, 2.05) is 11.4 Å². The maximum Gasteiger partial charge on any atom is 0.337 e. The molecule has 1 aliphatic rings. The van der Waals surface area contributed by atoms with Gasteiger partial charge in [0.25, 0.3) is 0 Å². The fraction of sp³-hybridized carbons (Fsp3) is 0.320. The number of nitrogens with one attached hydrogen (secondary N) is 1. The summed E-state index contributed by atoms with van der Waals surface area (Å²) >= 11 is 1.39. The summed E-state index contributed by atoms with van der Waals surface area (Å²) in [6.07, 6.45) is 0. The third-order valence-electron chi connectivity index (χ3n) is 6.19. The lowest BCUT2D eigenvalue weighted by molar-refractivity contribution is 0.0697. The second-order valence-corrected chi connectivity index (χ2v) is 11.3. The molecule has 2 heterocycles. The number of methoxy groups -OCH3 is 1. The zero-order chi connectivity index (χ0) is 25.0. The number of carboxylic acid groups (broad SMARTS) is 1. The monoisotopic (exact) mass is 515 g/mol. The molecule has 0 radical (unpaired) electrons. The second-order valence-electron chi connectivity index (χ2n) is 8.53. The predicted octanol–water partition coefficient (Wildman–Crippen LogP) is 3.79. The van der Waals surface area contributed by atoms with Crippen molar-refractivity contribution >= 4 is 32.8 Å². The number of anilines is 1. The van der Waals surface area contributed by atoms with Crippen LogP contribution in [0.4, 0.5) is 5.69 Å². The van der Waals surface area contributed by atoms with Crippen LogP contribution in [0.15, 0.2) is 64.2 Å². The van der Waals surface area contributed by atoms with Crippen LogP contribution in [0.25, 0.3) is 0 Å². The largest absolute Gasteiger partial charge is 0.497 e. The molecule has 1 saturated heterocycles. The highest BCUT2D eigenvalue weighted by molar-refractivity contribution is 7.91. The van der Waals surface area contributed by atoms with Gasteiger partial charge in [0.2, 0.25) is 9.84 Å². The first-order valence-electron chi connectivity index (χ1n) is 11.2. The standard InChI is InChI=1S/C25H29N3O5S2/c1-27-11-13-28(14-12-27)16-18-4-3-5-22(25(29)30)23(18)26-24(19-10-15-34-17-19)35(31,32)21-8-6-20(33-2)7-9-21/h3-10,15,17,24,26H,11-14,16H2,1-2H3,(H,29,30). The van der Waals surface area contributed by atoms with Crippen molar-refractivity contribution in [3.63, 3.8) is 0 Å². The minimum absolute atomic E-state index is 0.0433. The molecular weight excluding hydrogens is 486 g/mol. The minimum atomic E-state index is -3.92. The summed E-state index contributed by atoms with van der Waals surface area (Å²) in [4.78, 5) is 16.8. The van der Waals surface area contributed by atoms with Gasteiger partial charge in [-0.15, -0.1) is 0 Å². The van der Waals surface area contributed by atoms with E-state index in [1.54, 1.807) is 29.6 Å². The molecule has 3 aromatic rings. The molecule has 186 valence electrons. The van der Waals surface area contributed by atoms with Gasteiger partial charge in [-0.3, -0.25) is 4.90 Å². The number of hydrogen-bond donors (Lipinski definition) is 2. The molecule has 10 heteroatoms. The fourth-order valence-electron chi connectivity index (χ4n) is 4.12. The van der Waals surface area contributed by atoms with Crippen LogP contribution in [0.2, 0.25) is 0 Å². The number of carboxylic acids is 1. The van der Waals surface area contributed by atoms with E-state index < -0.39 is 21.2 Å². The van der Waals surface area contributed by atoms with Crippen LogP contribution >= 0.6 is 11.3 Å². The molecule has 1 aromatic heterocycles. The fourth-order valence-corrected chi connectivity index (χ4v) is 6.46. The van der Waals surface area contributed by atoms with E-state index in [9.17, 15) is 18.3 Å². The summed E-state index contributed by atoms with van der Waals surface area (Å²) < 4.78 is 32.7. The normalized spacial score (nSPS) is 16.1. The Morgan fingerprint density at radius 3 is 2.43 bits per heavy atom. The molecule has 0 saturated carbocycles.